The lowest BCUT2D eigenvalue weighted by Gasteiger charge is -2.17. The topological polar surface area (TPSA) is 42.4 Å². The van der Waals surface area contributed by atoms with E-state index in [-0.39, 0.29) is 11.2 Å². The van der Waals surface area contributed by atoms with Crippen LogP contribution in [-0.2, 0) is 11.3 Å². The van der Waals surface area contributed by atoms with Crippen molar-refractivity contribution in [2.75, 3.05) is 13.7 Å². The van der Waals surface area contributed by atoms with E-state index in [1.54, 1.807) is 18.2 Å². The molecule has 0 N–H and O–H groups in total. The zero-order valence-corrected chi connectivity index (χ0v) is 9.98. The minimum atomic E-state index is 0.144. The number of amides is 1. The molecule has 0 aliphatic carbocycles. The Morgan fingerprint density at radius 1 is 1.69 bits per heavy atom. The molecule has 86 valence electrons. The van der Waals surface area contributed by atoms with E-state index < -0.39 is 0 Å². The number of nitrogens with zero attached hydrogens (tertiary/aromatic N) is 2. The number of pyridine rings is 1. The van der Waals surface area contributed by atoms with E-state index in [1.165, 1.54) is 0 Å². The number of methoxy groups -OCH3 is 1. The van der Waals surface area contributed by atoms with Gasteiger partial charge in [-0.05, 0) is 6.07 Å². The fraction of sp³-hybridized carbons (Fsp3) is 0.455. The van der Waals surface area contributed by atoms with Crippen LogP contribution in [0.15, 0.2) is 18.3 Å². The van der Waals surface area contributed by atoms with Crippen LogP contribution in [0, 0.1) is 0 Å². The predicted octanol–water partition coefficient (Wildman–Crippen LogP) is 1.12. The summed E-state index contributed by atoms with van der Waals surface area (Å²) in [4.78, 5) is 17.5. The van der Waals surface area contributed by atoms with Crippen molar-refractivity contribution in [2.24, 2.45) is 0 Å². The first-order valence-electron chi connectivity index (χ1n) is 5.14. The lowest BCUT2D eigenvalue weighted by molar-refractivity contribution is -0.128. The Labute approximate surface area is 100 Å². The van der Waals surface area contributed by atoms with Crippen molar-refractivity contribution in [3.8, 4) is 5.88 Å². The Balaban J connectivity index is 2.12. The van der Waals surface area contributed by atoms with Gasteiger partial charge in [0.1, 0.15) is 0 Å². The second-order valence-electron chi connectivity index (χ2n) is 3.80. The van der Waals surface area contributed by atoms with Crippen LogP contribution in [0.25, 0.3) is 0 Å². The predicted molar refractivity (Wildman–Crippen MR) is 63.6 cm³/mol. The molecule has 1 atom stereocenters. The quantitative estimate of drug-likeness (QED) is 0.802. The Kier molecular flexibility index (Phi) is 3.33. The first-order chi connectivity index (χ1) is 7.70. The fourth-order valence-electron chi connectivity index (χ4n) is 1.84. The minimum absolute atomic E-state index is 0.144. The Morgan fingerprint density at radius 2 is 2.50 bits per heavy atom. The molecule has 1 aliphatic rings. The molecule has 16 heavy (non-hydrogen) atoms. The molecular weight excluding hydrogens is 224 g/mol. The van der Waals surface area contributed by atoms with Crippen LogP contribution >= 0.6 is 12.6 Å². The maximum Gasteiger partial charge on any atom is 0.224 e. The summed E-state index contributed by atoms with van der Waals surface area (Å²) in [5.74, 6) is 0.726. The van der Waals surface area contributed by atoms with Crippen LogP contribution in [0.2, 0.25) is 0 Å². The summed E-state index contributed by atoms with van der Waals surface area (Å²) >= 11 is 4.32. The monoisotopic (exact) mass is 238 g/mol. The molecule has 1 aliphatic heterocycles. The standard InChI is InChI=1S/C11H14N2O2S/c1-15-11-8(3-2-4-12-11)6-13-7-9(16)5-10(13)14/h2-4,9,16H,5-7H2,1H3. The summed E-state index contributed by atoms with van der Waals surface area (Å²) in [5, 5.41) is 0.148. The van der Waals surface area contributed by atoms with Gasteiger partial charge in [-0.3, -0.25) is 4.79 Å². The summed E-state index contributed by atoms with van der Waals surface area (Å²) in [6.45, 7) is 1.24. The highest BCUT2D eigenvalue weighted by Crippen LogP contribution is 2.22. The van der Waals surface area contributed by atoms with Crippen LogP contribution in [-0.4, -0.2) is 34.7 Å². The van der Waals surface area contributed by atoms with Gasteiger partial charge < -0.3 is 9.64 Å². The molecule has 5 heteroatoms. The van der Waals surface area contributed by atoms with Crippen molar-refractivity contribution in [3.63, 3.8) is 0 Å². The number of carbonyl (C=O) groups is 1. The van der Waals surface area contributed by atoms with Crippen LogP contribution in [0.5, 0.6) is 5.88 Å². The maximum atomic E-state index is 11.6. The van der Waals surface area contributed by atoms with Gasteiger partial charge in [0.25, 0.3) is 0 Å². The zero-order valence-electron chi connectivity index (χ0n) is 9.09. The molecular formula is C11H14N2O2S. The number of likely N-dealkylation sites (tertiary alicyclic amines) is 1. The average molecular weight is 238 g/mol. The van der Waals surface area contributed by atoms with Crippen molar-refractivity contribution in [1.29, 1.82) is 0 Å². The number of rotatable bonds is 3. The second kappa shape index (κ2) is 4.74. The number of hydrogen-bond acceptors (Lipinski definition) is 4. The summed E-state index contributed by atoms with van der Waals surface area (Å²) < 4.78 is 5.15. The molecule has 0 bridgehead atoms. The van der Waals surface area contributed by atoms with Crippen molar-refractivity contribution in [1.82, 2.24) is 9.88 Å². The summed E-state index contributed by atoms with van der Waals surface area (Å²) in [6.07, 6.45) is 2.20. The van der Waals surface area contributed by atoms with E-state index >= 15 is 0 Å². The molecule has 0 aromatic carbocycles. The number of aromatic nitrogens is 1. The van der Waals surface area contributed by atoms with E-state index in [0.717, 1.165) is 5.56 Å². The SMILES string of the molecule is COc1ncccc1CN1CC(S)CC1=O. The van der Waals surface area contributed by atoms with Gasteiger partial charge in [0.2, 0.25) is 11.8 Å². The third-order valence-corrected chi connectivity index (χ3v) is 2.94. The number of thiol groups is 1. The first-order valence-corrected chi connectivity index (χ1v) is 5.66. The smallest absolute Gasteiger partial charge is 0.224 e. The van der Waals surface area contributed by atoms with Crippen LogP contribution in [0.4, 0.5) is 0 Å². The van der Waals surface area contributed by atoms with Crippen LogP contribution < -0.4 is 4.74 Å². The van der Waals surface area contributed by atoms with Gasteiger partial charge in [-0.1, -0.05) is 6.07 Å². The first kappa shape index (κ1) is 11.3. The van der Waals surface area contributed by atoms with E-state index in [4.69, 9.17) is 4.74 Å². The molecule has 2 rings (SSSR count). The lowest BCUT2D eigenvalue weighted by atomic mass is 10.2. The van der Waals surface area contributed by atoms with E-state index in [0.29, 0.717) is 25.4 Å². The molecule has 1 unspecified atom stereocenters. The second-order valence-corrected chi connectivity index (χ2v) is 4.53. The lowest BCUT2D eigenvalue weighted by Crippen LogP contribution is -2.25. The van der Waals surface area contributed by atoms with Crippen molar-refractivity contribution in [2.45, 2.75) is 18.2 Å². The van der Waals surface area contributed by atoms with E-state index in [1.807, 2.05) is 12.1 Å². The number of carbonyl (C=O) groups excluding carboxylic acids is 1. The molecule has 0 radical (unpaired) electrons. The molecule has 0 saturated carbocycles. The highest BCUT2D eigenvalue weighted by atomic mass is 32.1. The Bertz CT molecular complexity index is 397. The van der Waals surface area contributed by atoms with Crippen molar-refractivity contribution >= 4 is 18.5 Å². The highest BCUT2D eigenvalue weighted by Gasteiger charge is 2.27. The largest absolute Gasteiger partial charge is 0.481 e. The van der Waals surface area contributed by atoms with Gasteiger partial charge in [-0.25, -0.2) is 4.98 Å². The van der Waals surface area contributed by atoms with Crippen molar-refractivity contribution in [3.05, 3.63) is 23.9 Å². The van der Waals surface area contributed by atoms with Gasteiger partial charge in [-0.15, -0.1) is 0 Å². The molecule has 4 nitrogen and oxygen atoms in total. The fourth-order valence-corrected chi connectivity index (χ4v) is 2.19. The zero-order chi connectivity index (χ0) is 11.5. The molecule has 2 heterocycles. The van der Waals surface area contributed by atoms with E-state index in [2.05, 4.69) is 17.6 Å². The maximum absolute atomic E-state index is 11.6. The van der Waals surface area contributed by atoms with Gasteiger partial charge >= 0.3 is 0 Å². The Hall–Kier alpha value is -1.23. The molecule has 0 spiro atoms. The van der Waals surface area contributed by atoms with Gasteiger partial charge in [0.15, 0.2) is 0 Å². The van der Waals surface area contributed by atoms with Crippen molar-refractivity contribution < 1.29 is 9.53 Å². The van der Waals surface area contributed by atoms with Gasteiger partial charge in [-0.2, -0.15) is 12.6 Å². The normalized spacial score (nSPS) is 20.2. The molecule has 1 fully saturated rings. The van der Waals surface area contributed by atoms with Gasteiger partial charge in [0, 0.05) is 30.0 Å². The van der Waals surface area contributed by atoms with Crippen LogP contribution in [0.3, 0.4) is 0 Å². The van der Waals surface area contributed by atoms with E-state index in [9.17, 15) is 4.79 Å². The third-order valence-electron chi connectivity index (χ3n) is 2.60. The third kappa shape index (κ3) is 2.29. The molecule has 1 aromatic heterocycles. The minimum Gasteiger partial charge on any atom is -0.481 e. The molecule has 1 aromatic rings. The summed E-state index contributed by atoms with van der Waals surface area (Å²) in [7, 11) is 1.58. The number of hydrogen-bond donors (Lipinski definition) is 1. The van der Waals surface area contributed by atoms with Gasteiger partial charge in [0.05, 0.1) is 13.7 Å². The summed E-state index contributed by atoms with van der Waals surface area (Å²) in [6, 6.07) is 3.77. The molecule has 1 saturated heterocycles. The average Bonchev–Trinajstić information content (AvgIpc) is 2.58. The number of ether oxygens (including phenoxy) is 1. The Morgan fingerprint density at radius 3 is 3.12 bits per heavy atom. The summed E-state index contributed by atoms with van der Waals surface area (Å²) in [5.41, 5.74) is 0.931. The molecule has 1 amide bonds. The highest BCUT2D eigenvalue weighted by molar-refractivity contribution is 7.81. The van der Waals surface area contributed by atoms with Crippen LogP contribution in [0.1, 0.15) is 12.0 Å².